The molecule has 0 aliphatic carbocycles. The smallest absolute Gasteiger partial charge is 0.237 e. The molecule has 0 spiro atoms. The van der Waals surface area contributed by atoms with Gasteiger partial charge in [0.15, 0.2) is 0 Å². The summed E-state index contributed by atoms with van der Waals surface area (Å²) in [4.78, 5) is 10.9. The van der Waals surface area contributed by atoms with Crippen molar-refractivity contribution >= 4 is 21.8 Å². The highest BCUT2D eigenvalue weighted by molar-refractivity contribution is 9.10. The molecule has 14 heavy (non-hydrogen) atoms. The monoisotopic (exact) mass is 260 g/mol. The molecule has 0 fully saturated rings. The molecule has 4 N–H and O–H groups in total. The minimum absolute atomic E-state index is 0.469. The number of hydrogen-bond acceptors (Lipinski definition) is 3. The molecule has 0 aliphatic heterocycles. The zero-order valence-corrected chi connectivity index (χ0v) is 9.49. The number of aryl methyl sites for hydroxylation is 1. The molecule has 0 bridgehead atoms. The number of carbonyl (C=O) groups excluding carboxylic acids is 1. The predicted molar refractivity (Wildman–Crippen MR) is 56.3 cm³/mol. The van der Waals surface area contributed by atoms with Gasteiger partial charge in [0.1, 0.15) is 0 Å². The highest BCUT2D eigenvalue weighted by Gasteiger charge is 2.25. The minimum atomic E-state index is -0.974. The summed E-state index contributed by atoms with van der Waals surface area (Å²) in [5, 5.41) is 4.04. The van der Waals surface area contributed by atoms with Crippen LogP contribution in [-0.4, -0.2) is 21.2 Å². The lowest BCUT2D eigenvalue weighted by atomic mass is 9.99. The fourth-order valence-electron chi connectivity index (χ4n) is 0.931. The fourth-order valence-corrected chi connectivity index (χ4v) is 1.26. The lowest BCUT2D eigenvalue weighted by Crippen LogP contribution is -2.49. The summed E-state index contributed by atoms with van der Waals surface area (Å²) in [5.74, 6) is -0.497. The van der Waals surface area contributed by atoms with Gasteiger partial charge in [-0.1, -0.05) is 0 Å². The molecule has 78 valence electrons. The highest BCUT2D eigenvalue weighted by Crippen LogP contribution is 2.10. The molecule has 1 rings (SSSR count). The van der Waals surface area contributed by atoms with E-state index < -0.39 is 11.4 Å². The summed E-state index contributed by atoms with van der Waals surface area (Å²) in [6.45, 7) is 2.19. The first-order valence-electron chi connectivity index (χ1n) is 4.18. The summed E-state index contributed by atoms with van der Waals surface area (Å²) in [5.41, 5.74) is 9.85. The van der Waals surface area contributed by atoms with Crippen LogP contribution in [0.15, 0.2) is 16.9 Å². The van der Waals surface area contributed by atoms with Gasteiger partial charge in [0.25, 0.3) is 0 Å². The van der Waals surface area contributed by atoms with Crippen molar-refractivity contribution in [2.24, 2.45) is 11.5 Å². The Morgan fingerprint density at radius 1 is 1.79 bits per heavy atom. The van der Waals surface area contributed by atoms with Gasteiger partial charge in [-0.05, 0) is 29.3 Å². The van der Waals surface area contributed by atoms with Crippen LogP contribution < -0.4 is 11.5 Å². The van der Waals surface area contributed by atoms with E-state index >= 15 is 0 Å². The maximum Gasteiger partial charge on any atom is 0.237 e. The third-order valence-corrected chi connectivity index (χ3v) is 2.43. The maximum absolute atomic E-state index is 10.9. The van der Waals surface area contributed by atoms with E-state index in [4.69, 9.17) is 11.5 Å². The molecule has 5 nitrogen and oxygen atoms in total. The van der Waals surface area contributed by atoms with E-state index in [2.05, 4.69) is 21.0 Å². The molecule has 0 aromatic carbocycles. The molecular weight excluding hydrogens is 248 g/mol. The zero-order chi connectivity index (χ0) is 10.8. The van der Waals surface area contributed by atoms with Gasteiger partial charge in [-0.15, -0.1) is 0 Å². The molecule has 0 saturated heterocycles. The van der Waals surface area contributed by atoms with Crippen molar-refractivity contribution in [1.29, 1.82) is 0 Å². The number of primary amides is 1. The van der Waals surface area contributed by atoms with Crippen LogP contribution in [0.1, 0.15) is 13.3 Å². The molecule has 0 radical (unpaired) electrons. The van der Waals surface area contributed by atoms with Crippen molar-refractivity contribution in [1.82, 2.24) is 9.78 Å². The SMILES string of the molecule is CC(N)(CCn1cc(Br)cn1)C(N)=O. The minimum Gasteiger partial charge on any atom is -0.368 e. The number of hydrogen-bond donors (Lipinski definition) is 2. The number of halogens is 1. The Bertz CT molecular complexity index is 334. The van der Waals surface area contributed by atoms with Crippen LogP contribution in [0.2, 0.25) is 0 Å². The number of amides is 1. The standard InChI is InChI=1S/C8H13BrN4O/c1-8(11,7(10)14)2-3-13-5-6(9)4-12-13/h4-5H,2-3,11H2,1H3,(H2,10,14). The number of aromatic nitrogens is 2. The first-order chi connectivity index (χ1) is 6.42. The van der Waals surface area contributed by atoms with Crippen LogP contribution >= 0.6 is 15.9 Å². The number of nitrogens with zero attached hydrogens (tertiary/aromatic N) is 2. The second kappa shape index (κ2) is 4.10. The van der Waals surface area contributed by atoms with Crippen LogP contribution in [-0.2, 0) is 11.3 Å². The van der Waals surface area contributed by atoms with Crippen molar-refractivity contribution in [2.45, 2.75) is 25.4 Å². The van der Waals surface area contributed by atoms with E-state index in [1.165, 1.54) is 0 Å². The topological polar surface area (TPSA) is 86.9 Å². The lowest BCUT2D eigenvalue weighted by Gasteiger charge is -2.19. The Kier molecular flexibility index (Phi) is 3.28. The largest absolute Gasteiger partial charge is 0.368 e. The summed E-state index contributed by atoms with van der Waals surface area (Å²) >= 11 is 3.28. The third kappa shape index (κ3) is 2.81. The molecule has 1 amide bonds. The van der Waals surface area contributed by atoms with Gasteiger partial charge >= 0.3 is 0 Å². The van der Waals surface area contributed by atoms with Crippen LogP contribution in [0, 0.1) is 0 Å². The van der Waals surface area contributed by atoms with E-state index in [1.807, 2.05) is 6.20 Å². The van der Waals surface area contributed by atoms with Crippen LogP contribution in [0.3, 0.4) is 0 Å². The van der Waals surface area contributed by atoms with Crippen LogP contribution in [0.4, 0.5) is 0 Å². The highest BCUT2D eigenvalue weighted by atomic mass is 79.9. The second-order valence-corrected chi connectivity index (χ2v) is 4.37. The Balaban J connectivity index is 2.52. The van der Waals surface area contributed by atoms with Crippen LogP contribution in [0.5, 0.6) is 0 Å². The fraction of sp³-hybridized carbons (Fsp3) is 0.500. The van der Waals surface area contributed by atoms with E-state index in [1.54, 1.807) is 17.8 Å². The quantitative estimate of drug-likeness (QED) is 0.813. The second-order valence-electron chi connectivity index (χ2n) is 3.45. The van der Waals surface area contributed by atoms with Crippen LogP contribution in [0.25, 0.3) is 0 Å². The van der Waals surface area contributed by atoms with Gasteiger partial charge in [-0.2, -0.15) is 5.10 Å². The van der Waals surface area contributed by atoms with Gasteiger partial charge in [0, 0.05) is 12.7 Å². The van der Waals surface area contributed by atoms with E-state index in [0.717, 1.165) is 4.47 Å². The maximum atomic E-state index is 10.9. The molecule has 1 atom stereocenters. The van der Waals surface area contributed by atoms with Gasteiger partial charge in [0.05, 0.1) is 16.2 Å². The Morgan fingerprint density at radius 3 is 2.86 bits per heavy atom. The van der Waals surface area contributed by atoms with Gasteiger partial charge in [0.2, 0.25) is 5.91 Å². The predicted octanol–water partition coefficient (Wildman–Crippen LogP) is 0.238. The van der Waals surface area contributed by atoms with Crippen molar-refractivity contribution in [3.63, 3.8) is 0 Å². The van der Waals surface area contributed by atoms with Crippen molar-refractivity contribution in [3.8, 4) is 0 Å². The Hall–Kier alpha value is -0.880. The number of carbonyl (C=O) groups is 1. The molecular formula is C8H13BrN4O. The normalized spacial score (nSPS) is 15.1. The molecule has 6 heteroatoms. The van der Waals surface area contributed by atoms with E-state index in [9.17, 15) is 4.79 Å². The molecule has 1 aromatic rings. The molecule has 0 saturated carbocycles. The average Bonchev–Trinajstić information content (AvgIpc) is 2.48. The lowest BCUT2D eigenvalue weighted by molar-refractivity contribution is -0.122. The van der Waals surface area contributed by atoms with E-state index in [0.29, 0.717) is 13.0 Å². The first-order valence-corrected chi connectivity index (χ1v) is 4.98. The van der Waals surface area contributed by atoms with E-state index in [-0.39, 0.29) is 0 Å². The van der Waals surface area contributed by atoms with Gasteiger partial charge < -0.3 is 11.5 Å². The zero-order valence-electron chi connectivity index (χ0n) is 7.90. The molecule has 1 heterocycles. The average molecular weight is 261 g/mol. The molecule has 1 unspecified atom stereocenters. The van der Waals surface area contributed by atoms with Crippen molar-refractivity contribution in [2.75, 3.05) is 0 Å². The summed E-state index contributed by atoms with van der Waals surface area (Å²) in [7, 11) is 0. The number of nitrogens with two attached hydrogens (primary N) is 2. The Labute approximate surface area is 90.6 Å². The third-order valence-electron chi connectivity index (χ3n) is 2.02. The summed E-state index contributed by atoms with van der Waals surface area (Å²) < 4.78 is 2.60. The van der Waals surface area contributed by atoms with Crippen molar-refractivity contribution in [3.05, 3.63) is 16.9 Å². The number of rotatable bonds is 4. The molecule has 0 aliphatic rings. The van der Waals surface area contributed by atoms with Crippen molar-refractivity contribution < 1.29 is 4.79 Å². The van der Waals surface area contributed by atoms with Gasteiger partial charge in [-0.3, -0.25) is 9.48 Å². The van der Waals surface area contributed by atoms with Gasteiger partial charge in [-0.25, -0.2) is 0 Å². The molecule has 1 aromatic heterocycles. The first kappa shape index (κ1) is 11.2. The summed E-state index contributed by atoms with van der Waals surface area (Å²) in [6.07, 6.45) is 3.96. The summed E-state index contributed by atoms with van der Waals surface area (Å²) in [6, 6.07) is 0. The Morgan fingerprint density at radius 2 is 2.43 bits per heavy atom.